The predicted octanol–water partition coefficient (Wildman–Crippen LogP) is -0.899. The van der Waals surface area contributed by atoms with Crippen molar-refractivity contribution in [3.05, 3.63) is 40.2 Å². The highest BCUT2D eigenvalue weighted by Crippen LogP contribution is 2.53. The number of phenolic OH excluding ortho intramolecular Hbond substituents is 1. The molecular weight excluding hydrogens is 525 g/mol. The number of aliphatic hydroxyl groups excluding tert-OH is 2. The van der Waals surface area contributed by atoms with Gasteiger partial charge in [0.05, 0.1) is 11.6 Å². The van der Waals surface area contributed by atoms with Crippen molar-refractivity contribution in [2.45, 2.75) is 24.5 Å². The smallest absolute Gasteiger partial charge is 0.466 e. The molecule has 1 amide bonds. The van der Waals surface area contributed by atoms with Gasteiger partial charge in [0.1, 0.15) is 22.8 Å². The van der Waals surface area contributed by atoms with Gasteiger partial charge >= 0.3 is 7.82 Å². The van der Waals surface area contributed by atoms with Crippen LogP contribution >= 0.6 is 7.82 Å². The fourth-order valence-corrected chi connectivity index (χ4v) is 5.65. The van der Waals surface area contributed by atoms with Crippen molar-refractivity contribution in [3.63, 3.8) is 0 Å². The van der Waals surface area contributed by atoms with Gasteiger partial charge in [0.25, 0.3) is 5.91 Å². The average Bonchev–Trinajstić information content (AvgIpc) is 2.74. The van der Waals surface area contributed by atoms with E-state index < -0.39 is 65.9 Å². The molecule has 15 heteroatoms. The van der Waals surface area contributed by atoms with Crippen LogP contribution in [0.2, 0.25) is 0 Å². The van der Waals surface area contributed by atoms with E-state index in [1.807, 2.05) is 19.0 Å². The van der Waals surface area contributed by atoms with Crippen LogP contribution in [0.4, 0.5) is 5.69 Å². The molecule has 0 heterocycles. The summed E-state index contributed by atoms with van der Waals surface area (Å²) in [5, 5.41) is 43.9. The molecule has 4 atom stereocenters. The third kappa shape index (κ3) is 4.70. The van der Waals surface area contributed by atoms with Gasteiger partial charge in [-0.15, -0.1) is 0 Å². The fraction of sp³-hybridized carbons (Fsp3) is 0.435. The number of amides is 1. The molecule has 0 radical (unpaired) electrons. The summed E-state index contributed by atoms with van der Waals surface area (Å²) in [5.41, 5.74) is 3.15. The maximum atomic E-state index is 13.7. The molecule has 0 bridgehead atoms. The number of nitrogens with two attached hydrogens (primary N) is 1. The molecule has 0 spiro atoms. The fourth-order valence-electron chi connectivity index (χ4n) is 5.65. The lowest BCUT2D eigenvalue weighted by Gasteiger charge is -2.50. The van der Waals surface area contributed by atoms with E-state index in [0.29, 0.717) is 5.56 Å². The minimum Gasteiger partial charge on any atom is -0.508 e. The lowest BCUT2D eigenvalue weighted by atomic mass is 9.57. The van der Waals surface area contributed by atoms with Crippen molar-refractivity contribution in [2.75, 3.05) is 33.1 Å². The molecule has 1 aromatic rings. The summed E-state index contributed by atoms with van der Waals surface area (Å²) in [7, 11) is 2.11. The number of hydrogen-bond donors (Lipinski definition) is 8. The third-order valence-corrected chi connectivity index (χ3v) is 7.06. The van der Waals surface area contributed by atoms with Crippen molar-refractivity contribution in [1.29, 1.82) is 0 Å². The second-order valence-corrected chi connectivity index (χ2v) is 10.9. The monoisotopic (exact) mass is 555 g/mol. The number of carbonyl (C=O) groups excluding carboxylic acids is 3. The van der Waals surface area contributed by atoms with Gasteiger partial charge in [0, 0.05) is 31.3 Å². The Morgan fingerprint density at radius 1 is 1.08 bits per heavy atom. The van der Waals surface area contributed by atoms with Gasteiger partial charge in [0.2, 0.25) is 5.78 Å². The SMILES string of the molecule is CN(C)c1ccc(O)c2c1C[C@H]1C[C@H]3[C@H](N(C)C)C(=O)C(C(N)=O)=C(O)[C@@]3(O)C(=O)C1=C2O.O=P(O)(O)O. The molecule has 9 N–H and O–H groups in total. The molecule has 1 saturated carbocycles. The molecule has 0 saturated heterocycles. The first kappa shape index (κ1) is 29.3. The van der Waals surface area contributed by atoms with E-state index >= 15 is 0 Å². The maximum Gasteiger partial charge on any atom is 0.466 e. The molecule has 1 fully saturated rings. The van der Waals surface area contributed by atoms with Gasteiger partial charge in [-0.25, -0.2) is 4.57 Å². The molecule has 3 aliphatic rings. The quantitative estimate of drug-likeness (QED) is 0.167. The lowest BCUT2D eigenvalue weighted by Crippen LogP contribution is -2.65. The number of nitrogens with zero attached hydrogens (tertiary/aromatic N) is 2. The average molecular weight is 555 g/mol. The summed E-state index contributed by atoms with van der Waals surface area (Å²) < 4.78 is 8.88. The number of carbonyl (C=O) groups is 3. The van der Waals surface area contributed by atoms with Gasteiger partial charge in [-0.05, 0) is 50.6 Å². The van der Waals surface area contributed by atoms with Crippen LogP contribution in [-0.2, 0) is 25.4 Å². The maximum absolute atomic E-state index is 13.7. The van der Waals surface area contributed by atoms with Crippen molar-refractivity contribution in [2.24, 2.45) is 17.6 Å². The molecule has 0 unspecified atom stereocenters. The predicted molar refractivity (Wildman–Crippen MR) is 133 cm³/mol. The first-order valence-electron chi connectivity index (χ1n) is 11.3. The Kier molecular flexibility index (Phi) is 7.56. The third-order valence-electron chi connectivity index (χ3n) is 7.06. The van der Waals surface area contributed by atoms with E-state index in [4.69, 9.17) is 25.0 Å². The van der Waals surface area contributed by atoms with Crippen LogP contribution in [0.5, 0.6) is 5.75 Å². The Hall–Kier alpha value is -3.26. The normalized spacial score (nSPS) is 26.8. The molecule has 14 nitrogen and oxygen atoms in total. The zero-order chi connectivity index (χ0) is 29.1. The number of Topliss-reactive ketones (excluding diaryl/α,β-unsaturated/α-hetero) is 2. The number of benzene rings is 1. The molecular formula is C23H30N3O11P. The molecule has 38 heavy (non-hydrogen) atoms. The number of phenols is 1. The molecule has 1 aromatic carbocycles. The minimum atomic E-state index is -4.64. The zero-order valence-corrected chi connectivity index (χ0v) is 21.9. The molecule has 4 rings (SSSR count). The summed E-state index contributed by atoms with van der Waals surface area (Å²) in [6.45, 7) is 0. The Morgan fingerprint density at radius 3 is 2.11 bits per heavy atom. The summed E-state index contributed by atoms with van der Waals surface area (Å²) in [5.74, 6) is -6.54. The highest BCUT2D eigenvalue weighted by Gasteiger charge is 2.64. The van der Waals surface area contributed by atoms with E-state index in [1.54, 1.807) is 20.2 Å². The van der Waals surface area contributed by atoms with Crippen molar-refractivity contribution >= 4 is 36.7 Å². The van der Waals surface area contributed by atoms with Crippen molar-refractivity contribution in [1.82, 2.24) is 4.90 Å². The molecule has 3 aliphatic carbocycles. The number of phosphoric acid groups is 1. The van der Waals surface area contributed by atoms with Gasteiger partial charge in [-0.3, -0.25) is 19.3 Å². The second kappa shape index (κ2) is 9.80. The van der Waals surface area contributed by atoms with Gasteiger partial charge < -0.3 is 45.7 Å². The van der Waals surface area contributed by atoms with Crippen molar-refractivity contribution < 1.29 is 54.1 Å². The van der Waals surface area contributed by atoms with E-state index in [9.17, 15) is 34.8 Å². The van der Waals surface area contributed by atoms with E-state index in [1.165, 1.54) is 11.0 Å². The Labute approximate surface area is 217 Å². The van der Waals surface area contributed by atoms with Crippen LogP contribution in [-0.4, -0.2) is 97.3 Å². The number of likely N-dealkylation sites (N-methyl/N-ethyl adjacent to an activating group) is 1. The topological polar surface area (TPSA) is 242 Å². The molecule has 0 aliphatic heterocycles. The first-order chi connectivity index (χ1) is 17.3. The van der Waals surface area contributed by atoms with E-state index in [2.05, 4.69) is 0 Å². The van der Waals surface area contributed by atoms with Crippen LogP contribution in [0.25, 0.3) is 5.76 Å². The van der Waals surface area contributed by atoms with Crippen LogP contribution in [0.15, 0.2) is 29.0 Å². The van der Waals surface area contributed by atoms with Crippen LogP contribution < -0.4 is 10.6 Å². The highest BCUT2D eigenvalue weighted by molar-refractivity contribution is 7.45. The van der Waals surface area contributed by atoms with Crippen LogP contribution in [0, 0.1) is 11.8 Å². The summed E-state index contributed by atoms with van der Waals surface area (Å²) in [4.78, 5) is 63.6. The number of ketones is 2. The van der Waals surface area contributed by atoms with Gasteiger partial charge in [-0.1, -0.05) is 0 Å². The lowest BCUT2D eigenvalue weighted by molar-refractivity contribution is -0.153. The molecule has 208 valence electrons. The number of aromatic hydroxyl groups is 1. The highest BCUT2D eigenvalue weighted by atomic mass is 31.2. The Bertz CT molecular complexity index is 1320. The number of anilines is 1. The van der Waals surface area contributed by atoms with Crippen molar-refractivity contribution in [3.8, 4) is 5.75 Å². The van der Waals surface area contributed by atoms with Gasteiger partial charge in [0.15, 0.2) is 11.4 Å². The Morgan fingerprint density at radius 2 is 1.63 bits per heavy atom. The molecule has 0 aromatic heterocycles. The Balaban J connectivity index is 0.000000732. The largest absolute Gasteiger partial charge is 0.508 e. The second-order valence-electron chi connectivity index (χ2n) is 9.83. The van der Waals surface area contributed by atoms with Crippen LogP contribution in [0.1, 0.15) is 17.5 Å². The summed E-state index contributed by atoms with van der Waals surface area (Å²) >= 11 is 0. The number of primary amides is 1. The number of aliphatic hydroxyl groups is 3. The van der Waals surface area contributed by atoms with E-state index in [0.717, 1.165) is 5.69 Å². The first-order valence-corrected chi connectivity index (χ1v) is 12.9. The number of fused-ring (bicyclic) bond motifs is 3. The van der Waals surface area contributed by atoms with Crippen LogP contribution in [0.3, 0.4) is 0 Å². The van der Waals surface area contributed by atoms with Gasteiger partial charge in [-0.2, -0.15) is 0 Å². The standard InChI is InChI=1S/C23H27N3O7.H3O4P/c1-25(2)12-5-6-13(27)15-10(12)7-9-8-11-17(26(3)4)19(29)16(22(24)32)21(31)23(11,33)20(30)14(9)18(15)28;1-5(2,3)4/h5-6,9,11,17,27-28,31,33H,7-8H2,1-4H3,(H2,24,32);(H3,1,2,3,4)/t9-,11-,17-,23-;/m0./s1. The number of rotatable bonds is 3. The number of hydrogen-bond acceptors (Lipinski definition) is 10. The summed E-state index contributed by atoms with van der Waals surface area (Å²) in [6, 6.07) is 2.01. The zero-order valence-electron chi connectivity index (χ0n) is 21.0. The minimum absolute atomic E-state index is 0.0638. The van der Waals surface area contributed by atoms with E-state index in [-0.39, 0.29) is 29.7 Å². The summed E-state index contributed by atoms with van der Waals surface area (Å²) in [6.07, 6.45) is 0.324.